The van der Waals surface area contributed by atoms with E-state index >= 15 is 0 Å². The molecular formula is C20H24N6O2. The number of benzene rings is 1. The molecule has 2 atom stereocenters. The highest BCUT2D eigenvalue weighted by Gasteiger charge is 2.35. The van der Waals surface area contributed by atoms with Gasteiger partial charge in [0.25, 0.3) is 0 Å². The van der Waals surface area contributed by atoms with Crippen molar-refractivity contribution in [3.8, 4) is 5.69 Å². The maximum Gasteiger partial charge on any atom is 0.352 e. The van der Waals surface area contributed by atoms with Crippen LogP contribution in [0.3, 0.4) is 0 Å². The fourth-order valence-corrected chi connectivity index (χ4v) is 4.74. The van der Waals surface area contributed by atoms with E-state index in [2.05, 4.69) is 23.9 Å². The first-order chi connectivity index (χ1) is 13.6. The van der Waals surface area contributed by atoms with Crippen molar-refractivity contribution in [3.05, 3.63) is 40.3 Å². The molecule has 5 rings (SSSR count). The van der Waals surface area contributed by atoms with Crippen molar-refractivity contribution in [2.75, 3.05) is 18.0 Å². The van der Waals surface area contributed by atoms with Gasteiger partial charge in [0, 0.05) is 24.2 Å². The van der Waals surface area contributed by atoms with E-state index in [1.807, 2.05) is 34.1 Å². The molecule has 2 aromatic rings. The molecule has 146 valence electrons. The number of amides is 1. The van der Waals surface area contributed by atoms with Gasteiger partial charge in [-0.3, -0.25) is 14.7 Å². The topological polar surface area (TPSA) is 75.7 Å². The molecule has 8 heteroatoms. The van der Waals surface area contributed by atoms with Crippen LogP contribution < -0.4 is 10.6 Å². The van der Waals surface area contributed by atoms with Gasteiger partial charge in [-0.2, -0.15) is 0 Å². The van der Waals surface area contributed by atoms with Crippen LogP contribution in [0.4, 0.5) is 5.95 Å². The zero-order valence-corrected chi connectivity index (χ0v) is 16.2. The number of carbonyl (C=O) groups is 1. The Bertz CT molecular complexity index is 1030. The Morgan fingerprint density at radius 1 is 1.18 bits per heavy atom. The van der Waals surface area contributed by atoms with Gasteiger partial charge in [0.05, 0.1) is 12.2 Å². The van der Waals surface area contributed by atoms with Crippen LogP contribution in [-0.2, 0) is 11.3 Å². The Labute approximate surface area is 163 Å². The summed E-state index contributed by atoms with van der Waals surface area (Å²) in [5, 5.41) is 4.54. The van der Waals surface area contributed by atoms with Crippen LogP contribution in [0.2, 0.25) is 0 Å². The van der Waals surface area contributed by atoms with E-state index in [-0.39, 0.29) is 30.2 Å². The van der Waals surface area contributed by atoms with E-state index in [1.54, 1.807) is 4.57 Å². The lowest BCUT2D eigenvalue weighted by atomic mass is 9.97. The molecule has 0 bridgehead atoms. The van der Waals surface area contributed by atoms with Crippen LogP contribution >= 0.6 is 0 Å². The molecule has 8 nitrogen and oxygen atoms in total. The quantitative estimate of drug-likeness (QED) is 0.789. The number of piperidine rings is 1. The molecule has 0 aliphatic carbocycles. The SMILES string of the molecule is C[C@H]1CCC[C@H](C)N1C(=O)Cn1nc2n(c1=O)-c1ccccc1C1=NCCN12. The van der Waals surface area contributed by atoms with Crippen molar-refractivity contribution < 1.29 is 4.79 Å². The predicted molar refractivity (Wildman–Crippen MR) is 106 cm³/mol. The molecule has 1 aromatic carbocycles. The van der Waals surface area contributed by atoms with Crippen molar-refractivity contribution in [1.82, 2.24) is 19.2 Å². The molecule has 0 radical (unpaired) electrons. The molecule has 0 saturated carbocycles. The second kappa shape index (κ2) is 6.32. The molecule has 28 heavy (non-hydrogen) atoms. The number of hydrogen-bond donors (Lipinski definition) is 0. The number of carbonyl (C=O) groups excluding carboxylic acids is 1. The monoisotopic (exact) mass is 380 g/mol. The number of amidine groups is 1. The van der Waals surface area contributed by atoms with E-state index in [9.17, 15) is 9.59 Å². The Morgan fingerprint density at radius 3 is 2.71 bits per heavy atom. The summed E-state index contributed by atoms with van der Waals surface area (Å²) in [4.78, 5) is 34.7. The van der Waals surface area contributed by atoms with Crippen molar-refractivity contribution >= 4 is 17.7 Å². The van der Waals surface area contributed by atoms with Crippen molar-refractivity contribution in [1.29, 1.82) is 0 Å². The summed E-state index contributed by atoms with van der Waals surface area (Å²) in [6.07, 6.45) is 3.15. The minimum absolute atomic E-state index is 0.0317. The molecule has 1 aromatic heterocycles. The number of nitrogens with zero attached hydrogens (tertiary/aromatic N) is 6. The van der Waals surface area contributed by atoms with E-state index in [0.717, 1.165) is 36.3 Å². The number of rotatable bonds is 2. The fourth-order valence-electron chi connectivity index (χ4n) is 4.74. The molecule has 1 fully saturated rings. The first kappa shape index (κ1) is 17.2. The van der Waals surface area contributed by atoms with Crippen LogP contribution in [0.1, 0.15) is 38.7 Å². The first-order valence-electron chi connectivity index (χ1n) is 9.99. The van der Waals surface area contributed by atoms with E-state index in [4.69, 9.17) is 0 Å². The third kappa shape index (κ3) is 2.43. The largest absolute Gasteiger partial charge is 0.352 e. The molecule has 3 aliphatic heterocycles. The lowest BCUT2D eigenvalue weighted by Crippen LogP contribution is -2.49. The van der Waals surface area contributed by atoms with E-state index in [1.165, 1.54) is 4.68 Å². The normalized spacial score (nSPS) is 23.1. The van der Waals surface area contributed by atoms with Crippen LogP contribution in [-0.4, -0.2) is 56.2 Å². The van der Waals surface area contributed by atoms with Gasteiger partial charge in [-0.1, -0.05) is 12.1 Å². The third-order valence-corrected chi connectivity index (χ3v) is 6.06. The zero-order chi connectivity index (χ0) is 19.4. The fraction of sp³-hybridized carbons (Fsp3) is 0.500. The molecule has 1 saturated heterocycles. The highest BCUT2D eigenvalue weighted by molar-refractivity contribution is 6.14. The number of anilines is 1. The van der Waals surface area contributed by atoms with Crippen molar-refractivity contribution in [3.63, 3.8) is 0 Å². The van der Waals surface area contributed by atoms with Gasteiger partial charge in [0.15, 0.2) is 0 Å². The molecule has 0 spiro atoms. The van der Waals surface area contributed by atoms with Gasteiger partial charge < -0.3 is 4.90 Å². The summed E-state index contributed by atoms with van der Waals surface area (Å²) in [7, 11) is 0. The maximum atomic E-state index is 13.2. The average molecular weight is 380 g/mol. The number of hydrogen-bond acceptors (Lipinski definition) is 5. The minimum atomic E-state index is -0.279. The Morgan fingerprint density at radius 2 is 1.93 bits per heavy atom. The van der Waals surface area contributed by atoms with E-state index in [0.29, 0.717) is 19.0 Å². The second-order valence-corrected chi connectivity index (χ2v) is 7.88. The minimum Gasteiger partial charge on any atom is -0.336 e. The molecule has 0 unspecified atom stereocenters. The van der Waals surface area contributed by atoms with Crippen LogP contribution in [0.5, 0.6) is 0 Å². The molecule has 1 amide bonds. The maximum absolute atomic E-state index is 13.2. The summed E-state index contributed by atoms with van der Waals surface area (Å²) < 4.78 is 2.92. The highest BCUT2D eigenvalue weighted by Crippen LogP contribution is 2.30. The zero-order valence-electron chi connectivity index (χ0n) is 16.2. The molecule has 3 aliphatic rings. The number of fused-ring (bicyclic) bond motifs is 6. The second-order valence-electron chi connectivity index (χ2n) is 7.88. The van der Waals surface area contributed by atoms with Crippen LogP contribution in [0, 0.1) is 0 Å². The Balaban J connectivity index is 1.54. The average Bonchev–Trinajstić information content (AvgIpc) is 3.28. The van der Waals surface area contributed by atoms with Gasteiger partial charge in [0.1, 0.15) is 12.4 Å². The third-order valence-electron chi connectivity index (χ3n) is 6.06. The van der Waals surface area contributed by atoms with Gasteiger partial charge in [0.2, 0.25) is 11.9 Å². The predicted octanol–water partition coefficient (Wildman–Crippen LogP) is 1.40. The van der Waals surface area contributed by atoms with Gasteiger partial charge in [-0.25, -0.2) is 14.0 Å². The Hall–Kier alpha value is -2.90. The summed E-state index contributed by atoms with van der Waals surface area (Å²) in [6.45, 7) is 5.49. The lowest BCUT2D eigenvalue weighted by Gasteiger charge is -2.39. The number of para-hydroxylation sites is 1. The van der Waals surface area contributed by atoms with E-state index < -0.39 is 0 Å². The summed E-state index contributed by atoms with van der Waals surface area (Å²) in [5.74, 6) is 1.36. The number of aliphatic imine (C=N–C) groups is 1. The molecular weight excluding hydrogens is 356 g/mol. The summed E-state index contributed by atoms with van der Waals surface area (Å²) in [6, 6.07) is 8.12. The summed E-state index contributed by atoms with van der Waals surface area (Å²) >= 11 is 0. The highest BCUT2D eigenvalue weighted by atomic mass is 16.2. The van der Waals surface area contributed by atoms with Crippen LogP contribution in [0.25, 0.3) is 5.69 Å². The van der Waals surface area contributed by atoms with Gasteiger partial charge in [-0.15, -0.1) is 5.10 Å². The van der Waals surface area contributed by atoms with Gasteiger partial charge >= 0.3 is 5.69 Å². The van der Waals surface area contributed by atoms with Crippen molar-refractivity contribution in [2.24, 2.45) is 4.99 Å². The number of likely N-dealkylation sites (tertiary alicyclic amines) is 1. The number of aromatic nitrogens is 3. The lowest BCUT2D eigenvalue weighted by molar-refractivity contribution is -0.138. The van der Waals surface area contributed by atoms with Gasteiger partial charge in [-0.05, 0) is 45.2 Å². The molecule has 0 N–H and O–H groups in total. The molecule has 4 heterocycles. The first-order valence-corrected chi connectivity index (χ1v) is 9.99. The smallest absolute Gasteiger partial charge is 0.336 e. The van der Waals surface area contributed by atoms with Crippen molar-refractivity contribution in [2.45, 2.75) is 51.7 Å². The Kier molecular flexibility index (Phi) is 3.89. The summed E-state index contributed by atoms with van der Waals surface area (Å²) in [5.41, 5.74) is 1.43. The van der Waals surface area contributed by atoms with Crippen LogP contribution in [0.15, 0.2) is 34.1 Å². The standard InChI is InChI=1S/C20H24N6O2/c1-13-6-5-7-14(2)25(13)17(27)12-24-20(28)26-16-9-4-3-8-15(16)18-21-10-11-23(18)19(26)22-24/h3-4,8-9,13-14H,5-7,10-12H2,1-2H3/t13-,14-/m0/s1.